The summed E-state index contributed by atoms with van der Waals surface area (Å²) in [5.41, 5.74) is 1.57. The van der Waals surface area contributed by atoms with Crippen LogP contribution >= 0.6 is 11.3 Å². The highest BCUT2D eigenvalue weighted by molar-refractivity contribution is 7.13. The Kier molecular flexibility index (Phi) is 3.10. The maximum atomic E-state index is 12.7. The van der Waals surface area contributed by atoms with Gasteiger partial charge in [-0.15, -0.1) is 11.3 Å². The maximum Gasteiger partial charge on any atom is 0.278 e. The Morgan fingerprint density at radius 3 is 2.95 bits per heavy atom. The zero-order chi connectivity index (χ0) is 13.4. The number of hydrogen-bond donors (Lipinski definition) is 0. The number of amides is 1. The maximum absolute atomic E-state index is 12.7. The highest BCUT2D eigenvalue weighted by Gasteiger charge is 2.31. The molecule has 2 heterocycles. The van der Waals surface area contributed by atoms with Gasteiger partial charge in [0.25, 0.3) is 5.91 Å². The Morgan fingerprint density at radius 1 is 1.58 bits per heavy atom. The van der Waals surface area contributed by atoms with Crippen LogP contribution in [-0.2, 0) is 0 Å². The minimum atomic E-state index is -0.00931. The van der Waals surface area contributed by atoms with Crippen molar-refractivity contribution in [1.82, 2.24) is 14.8 Å². The number of anilines is 1. The first-order valence-corrected chi connectivity index (χ1v) is 7.36. The minimum absolute atomic E-state index is 0.00931. The number of thiazole rings is 1. The SMILES string of the molecule is CCN(C(=O)c1cc(C)nn1C1CC1)c1nccs1. The van der Waals surface area contributed by atoms with Gasteiger partial charge in [-0.1, -0.05) is 0 Å². The molecular formula is C13H16N4OS. The fourth-order valence-electron chi connectivity index (χ4n) is 2.13. The van der Waals surface area contributed by atoms with E-state index in [2.05, 4.69) is 10.1 Å². The molecule has 1 amide bonds. The molecule has 19 heavy (non-hydrogen) atoms. The topological polar surface area (TPSA) is 51.0 Å². The van der Waals surface area contributed by atoms with Crippen LogP contribution in [0.1, 0.15) is 42.0 Å². The molecule has 100 valence electrons. The van der Waals surface area contributed by atoms with Gasteiger partial charge in [0.2, 0.25) is 0 Å². The predicted octanol–water partition coefficient (Wildman–Crippen LogP) is 2.65. The monoisotopic (exact) mass is 276 g/mol. The van der Waals surface area contributed by atoms with Crippen molar-refractivity contribution in [2.24, 2.45) is 0 Å². The number of aryl methyl sites for hydroxylation is 1. The lowest BCUT2D eigenvalue weighted by Crippen LogP contribution is -2.32. The molecule has 3 rings (SSSR count). The third-order valence-electron chi connectivity index (χ3n) is 3.18. The van der Waals surface area contributed by atoms with Crippen molar-refractivity contribution in [3.05, 3.63) is 29.0 Å². The van der Waals surface area contributed by atoms with E-state index < -0.39 is 0 Å². The van der Waals surface area contributed by atoms with Gasteiger partial charge in [0.15, 0.2) is 5.13 Å². The average molecular weight is 276 g/mol. The van der Waals surface area contributed by atoms with Crippen molar-refractivity contribution in [2.75, 3.05) is 11.4 Å². The molecule has 0 aliphatic heterocycles. The summed E-state index contributed by atoms with van der Waals surface area (Å²) < 4.78 is 1.88. The van der Waals surface area contributed by atoms with E-state index >= 15 is 0 Å². The molecule has 5 nitrogen and oxygen atoms in total. The number of hydrogen-bond acceptors (Lipinski definition) is 4. The molecule has 6 heteroatoms. The standard InChI is InChI=1S/C13H16N4OS/c1-3-16(13-14-6-7-19-13)12(18)11-8-9(2)15-17(11)10-4-5-10/h6-8,10H,3-5H2,1-2H3. The van der Waals surface area contributed by atoms with Gasteiger partial charge < -0.3 is 0 Å². The molecule has 1 fully saturated rings. The van der Waals surface area contributed by atoms with Crippen LogP contribution in [0.2, 0.25) is 0 Å². The zero-order valence-electron chi connectivity index (χ0n) is 11.0. The van der Waals surface area contributed by atoms with E-state index in [1.165, 1.54) is 11.3 Å². The fraction of sp³-hybridized carbons (Fsp3) is 0.462. The summed E-state index contributed by atoms with van der Waals surface area (Å²) in [7, 11) is 0. The van der Waals surface area contributed by atoms with Crippen molar-refractivity contribution in [1.29, 1.82) is 0 Å². The van der Waals surface area contributed by atoms with Crippen LogP contribution in [0.3, 0.4) is 0 Å². The lowest BCUT2D eigenvalue weighted by atomic mass is 10.3. The first kappa shape index (κ1) is 12.3. The van der Waals surface area contributed by atoms with E-state index in [1.54, 1.807) is 11.1 Å². The lowest BCUT2D eigenvalue weighted by Gasteiger charge is -2.18. The van der Waals surface area contributed by atoms with Crippen LogP contribution in [0.4, 0.5) is 5.13 Å². The second-order valence-corrected chi connectivity index (χ2v) is 5.58. The molecule has 1 aliphatic carbocycles. The molecule has 0 spiro atoms. The van der Waals surface area contributed by atoms with Crippen LogP contribution in [0.25, 0.3) is 0 Å². The Balaban J connectivity index is 1.94. The van der Waals surface area contributed by atoms with Gasteiger partial charge in [0.1, 0.15) is 5.69 Å². The number of carbonyl (C=O) groups excluding carboxylic acids is 1. The largest absolute Gasteiger partial charge is 0.283 e. The van der Waals surface area contributed by atoms with E-state index in [0.717, 1.165) is 23.7 Å². The summed E-state index contributed by atoms with van der Waals surface area (Å²) in [6.45, 7) is 4.50. The highest BCUT2D eigenvalue weighted by atomic mass is 32.1. The van der Waals surface area contributed by atoms with E-state index in [4.69, 9.17) is 0 Å². The van der Waals surface area contributed by atoms with Gasteiger partial charge in [-0.2, -0.15) is 5.10 Å². The number of rotatable bonds is 4. The van der Waals surface area contributed by atoms with Gasteiger partial charge in [-0.3, -0.25) is 14.4 Å². The third kappa shape index (κ3) is 2.28. The van der Waals surface area contributed by atoms with Crippen LogP contribution in [0.5, 0.6) is 0 Å². The molecule has 0 atom stereocenters. The molecule has 0 radical (unpaired) electrons. The average Bonchev–Trinajstić information content (AvgIpc) is 2.95. The summed E-state index contributed by atoms with van der Waals surface area (Å²) in [5, 5.41) is 7.07. The predicted molar refractivity (Wildman–Crippen MR) is 74.7 cm³/mol. The van der Waals surface area contributed by atoms with Crippen molar-refractivity contribution in [3.8, 4) is 0 Å². The van der Waals surface area contributed by atoms with Crippen molar-refractivity contribution in [3.63, 3.8) is 0 Å². The molecule has 0 aromatic carbocycles. The molecule has 1 saturated carbocycles. The van der Waals surface area contributed by atoms with Gasteiger partial charge in [0.05, 0.1) is 11.7 Å². The van der Waals surface area contributed by atoms with Crippen molar-refractivity contribution >= 4 is 22.4 Å². The first-order chi connectivity index (χ1) is 9.20. The molecule has 2 aromatic heterocycles. The van der Waals surface area contributed by atoms with Gasteiger partial charge in [-0.25, -0.2) is 4.98 Å². The summed E-state index contributed by atoms with van der Waals surface area (Å²) in [6, 6.07) is 2.28. The second kappa shape index (κ2) is 4.77. The number of aromatic nitrogens is 3. The lowest BCUT2D eigenvalue weighted by molar-refractivity contribution is 0.0977. The fourth-order valence-corrected chi connectivity index (χ4v) is 2.83. The van der Waals surface area contributed by atoms with Gasteiger partial charge >= 0.3 is 0 Å². The molecule has 0 bridgehead atoms. The molecule has 0 saturated heterocycles. The van der Waals surface area contributed by atoms with E-state index in [9.17, 15) is 4.79 Å². The summed E-state index contributed by atoms with van der Waals surface area (Å²) in [5.74, 6) is -0.00931. The Labute approximate surface area is 115 Å². The normalized spacial score (nSPS) is 14.6. The Bertz CT molecular complexity index is 586. The molecule has 0 N–H and O–H groups in total. The quantitative estimate of drug-likeness (QED) is 0.862. The first-order valence-electron chi connectivity index (χ1n) is 6.48. The Hall–Kier alpha value is -1.69. The number of nitrogens with zero attached hydrogens (tertiary/aromatic N) is 4. The van der Waals surface area contributed by atoms with E-state index in [1.807, 2.05) is 30.0 Å². The summed E-state index contributed by atoms with van der Waals surface area (Å²) >= 11 is 1.48. The van der Waals surface area contributed by atoms with Crippen LogP contribution < -0.4 is 4.90 Å². The molecular weight excluding hydrogens is 260 g/mol. The molecule has 2 aromatic rings. The van der Waals surface area contributed by atoms with Crippen LogP contribution in [-0.4, -0.2) is 27.2 Å². The smallest absolute Gasteiger partial charge is 0.278 e. The van der Waals surface area contributed by atoms with E-state index in [-0.39, 0.29) is 5.91 Å². The van der Waals surface area contributed by atoms with Crippen molar-refractivity contribution in [2.45, 2.75) is 32.7 Å². The third-order valence-corrected chi connectivity index (χ3v) is 3.98. The van der Waals surface area contributed by atoms with Crippen LogP contribution in [0.15, 0.2) is 17.6 Å². The number of carbonyl (C=O) groups is 1. The highest BCUT2D eigenvalue weighted by Crippen LogP contribution is 2.36. The van der Waals surface area contributed by atoms with Gasteiger partial charge in [-0.05, 0) is 32.8 Å². The van der Waals surface area contributed by atoms with Gasteiger partial charge in [0, 0.05) is 18.1 Å². The Morgan fingerprint density at radius 2 is 2.37 bits per heavy atom. The van der Waals surface area contributed by atoms with E-state index in [0.29, 0.717) is 18.3 Å². The molecule has 0 unspecified atom stereocenters. The van der Waals surface area contributed by atoms with Crippen LogP contribution in [0, 0.1) is 6.92 Å². The zero-order valence-corrected chi connectivity index (χ0v) is 11.9. The molecule has 1 aliphatic rings. The summed E-state index contributed by atoms with van der Waals surface area (Å²) in [4.78, 5) is 18.6. The second-order valence-electron chi connectivity index (χ2n) is 4.71. The summed E-state index contributed by atoms with van der Waals surface area (Å²) in [6.07, 6.45) is 3.95. The van der Waals surface area contributed by atoms with Crippen molar-refractivity contribution < 1.29 is 4.79 Å². The minimum Gasteiger partial charge on any atom is -0.283 e.